The number of phenolic OH excluding ortho intramolecular Hbond substituents is 1. The number of amides is 1. The Balaban J connectivity index is 2.16. The summed E-state index contributed by atoms with van der Waals surface area (Å²) < 4.78 is 5.60. The zero-order valence-electron chi connectivity index (χ0n) is 10.4. The van der Waals surface area contributed by atoms with E-state index in [2.05, 4.69) is 0 Å². The third-order valence-electron chi connectivity index (χ3n) is 3.01. The van der Waals surface area contributed by atoms with Gasteiger partial charge in [0.25, 0.3) is 5.91 Å². The van der Waals surface area contributed by atoms with Crippen molar-refractivity contribution in [1.29, 1.82) is 0 Å². The van der Waals surface area contributed by atoms with E-state index in [1.54, 1.807) is 23.1 Å². The van der Waals surface area contributed by atoms with Crippen molar-refractivity contribution in [3.8, 4) is 5.75 Å². The lowest BCUT2D eigenvalue weighted by Crippen LogP contribution is -2.51. The van der Waals surface area contributed by atoms with Crippen LogP contribution in [0.1, 0.15) is 17.3 Å². The molecule has 0 aromatic heterocycles. The van der Waals surface area contributed by atoms with E-state index in [-0.39, 0.29) is 23.9 Å². The quantitative estimate of drug-likeness (QED) is 0.805. The average Bonchev–Trinajstić information content (AvgIpc) is 2.37. The van der Waals surface area contributed by atoms with Crippen LogP contribution >= 0.6 is 0 Å². The molecule has 98 valence electrons. The van der Waals surface area contributed by atoms with Crippen molar-refractivity contribution in [2.45, 2.75) is 19.1 Å². The maximum atomic E-state index is 12.3. The Morgan fingerprint density at radius 1 is 1.50 bits per heavy atom. The fraction of sp³-hybridized carbons (Fsp3) is 0.462. The number of benzene rings is 1. The molecule has 2 atom stereocenters. The molecule has 0 spiro atoms. The molecular weight excluding hydrogens is 232 g/mol. The van der Waals surface area contributed by atoms with Crippen LogP contribution in [-0.4, -0.2) is 47.8 Å². The van der Waals surface area contributed by atoms with Crippen molar-refractivity contribution < 1.29 is 14.6 Å². The summed E-state index contributed by atoms with van der Waals surface area (Å²) >= 11 is 0. The molecule has 1 aliphatic rings. The maximum Gasteiger partial charge on any atom is 0.257 e. The summed E-state index contributed by atoms with van der Waals surface area (Å²) in [6, 6.07) is 6.56. The Hall–Kier alpha value is -1.59. The number of para-hydroxylation sites is 1. The molecule has 1 saturated heterocycles. The van der Waals surface area contributed by atoms with Crippen LogP contribution in [0.25, 0.3) is 0 Å². The predicted molar refractivity (Wildman–Crippen MR) is 67.4 cm³/mol. The minimum Gasteiger partial charge on any atom is -0.507 e. The molecule has 0 saturated carbocycles. The molecule has 1 aromatic rings. The highest BCUT2D eigenvalue weighted by atomic mass is 16.5. The van der Waals surface area contributed by atoms with Crippen LogP contribution in [-0.2, 0) is 4.74 Å². The van der Waals surface area contributed by atoms with Crippen LogP contribution in [0, 0.1) is 0 Å². The highest BCUT2D eigenvalue weighted by Gasteiger charge is 2.29. The van der Waals surface area contributed by atoms with Crippen LogP contribution in [0.2, 0.25) is 0 Å². The van der Waals surface area contributed by atoms with E-state index >= 15 is 0 Å². The van der Waals surface area contributed by atoms with E-state index in [4.69, 9.17) is 10.5 Å². The maximum absolute atomic E-state index is 12.3. The van der Waals surface area contributed by atoms with Crippen molar-refractivity contribution >= 4 is 5.91 Å². The smallest absolute Gasteiger partial charge is 0.257 e. The van der Waals surface area contributed by atoms with E-state index < -0.39 is 0 Å². The van der Waals surface area contributed by atoms with Gasteiger partial charge in [-0.05, 0) is 19.1 Å². The van der Waals surface area contributed by atoms with Crippen LogP contribution in [0.5, 0.6) is 5.75 Å². The van der Waals surface area contributed by atoms with Gasteiger partial charge in [0.1, 0.15) is 5.75 Å². The highest BCUT2D eigenvalue weighted by molar-refractivity contribution is 5.96. The number of hydrogen-bond acceptors (Lipinski definition) is 4. The number of hydrogen-bond donors (Lipinski definition) is 2. The molecule has 1 fully saturated rings. The molecule has 1 heterocycles. The van der Waals surface area contributed by atoms with E-state index in [1.807, 2.05) is 6.92 Å². The number of morpholine rings is 1. The number of aromatic hydroxyl groups is 1. The Kier molecular flexibility index (Phi) is 3.84. The zero-order chi connectivity index (χ0) is 13.1. The number of rotatable bonds is 2. The van der Waals surface area contributed by atoms with Gasteiger partial charge in [0.15, 0.2) is 0 Å². The molecule has 5 heteroatoms. The fourth-order valence-corrected chi connectivity index (χ4v) is 2.17. The predicted octanol–water partition coefficient (Wildman–Crippen LogP) is 0.580. The van der Waals surface area contributed by atoms with Crippen LogP contribution < -0.4 is 5.73 Å². The molecule has 3 N–H and O–H groups in total. The molecule has 5 nitrogen and oxygen atoms in total. The highest BCUT2D eigenvalue weighted by Crippen LogP contribution is 2.20. The van der Waals surface area contributed by atoms with Gasteiger partial charge in [0.05, 0.1) is 17.8 Å². The van der Waals surface area contributed by atoms with Gasteiger partial charge in [-0.2, -0.15) is 0 Å². The van der Waals surface area contributed by atoms with Crippen molar-refractivity contribution in [1.82, 2.24) is 4.90 Å². The van der Waals surface area contributed by atoms with E-state index in [9.17, 15) is 9.90 Å². The number of phenols is 1. The van der Waals surface area contributed by atoms with Crippen LogP contribution in [0.15, 0.2) is 24.3 Å². The van der Waals surface area contributed by atoms with Gasteiger partial charge >= 0.3 is 0 Å². The van der Waals surface area contributed by atoms with Crippen molar-refractivity contribution in [3.05, 3.63) is 29.8 Å². The summed E-state index contributed by atoms with van der Waals surface area (Å²) in [5.41, 5.74) is 5.91. The summed E-state index contributed by atoms with van der Waals surface area (Å²) in [6.45, 7) is 3.28. The molecule has 0 radical (unpaired) electrons. The van der Waals surface area contributed by atoms with Crippen LogP contribution in [0.3, 0.4) is 0 Å². The summed E-state index contributed by atoms with van der Waals surface area (Å²) in [4.78, 5) is 14.0. The van der Waals surface area contributed by atoms with Gasteiger partial charge in [-0.15, -0.1) is 0 Å². The first-order valence-corrected chi connectivity index (χ1v) is 6.04. The Morgan fingerprint density at radius 3 is 2.89 bits per heavy atom. The molecule has 0 bridgehead atoms. The lowest BCUT2D eigenvalue weighted by molar-refractivity contribution is -0.0626. The van der Waals surface area contributed by atoms with Gasteiger partial charge in [0.2, 0.25) is 0 Å². The third kappa shape index (κ3) is 2.63. The average molecular weight is 250 g/mol. The number of carbonyl (C=O) groups excluding carboxylic acids is 1. The second-order valence-electron chi connectivity index (χ2n) is 4.53. The number of ether oxygens (including phenoxy) is 1. The lowest BCUT2D eigenvalue weighted by Gasteiger charge is -2.36. The molecule has 0 aliphatic carbocycles. The van der Waals surface area contributed by atoms with Gasteiger partial charge in [0, 0.05) is 19.6 Å². The first-order valence-electron chi connectivity index (χ1n) is 6.04. The standard InChI is InChI=1S/C13H18N2O3/c1-9-7-15(8-10(6-14)18-9)13(17)11-4-2-3-5-12(11)16/h2-5,9-10,16H,6-8,14H2,1H3. The molecule has 2 rings (SSSR count). The summed E-state index contributed by atoms with van der Waals surface area (Å²) in [6.07, 6.45) is -0.175. The molecule has 1 aromatic carbocycles. The monoisotopic (exact) mass is 250 g/mol. The Labute approximate surface area is 106 Å². The lowest BCUT2D eigenvalue weighted by atomic mass is 10.1. The number of nitrogens with two attached hydrogens (primary N) is 1. The zero-order valence-corrected chi connectivity index (χ0v) is 10.4. The second kappa shape index (κ2) is 5.37. The summed E-state index contributed by atoms with van der Waals surface area (Å²) in [5.74, 6) is -0.173. The number of nitrogens with zero attached hydrogens (tertiary/aromatic N) is 1. The number of carbonyl (C=O) groups is 1. The van der Waals surface area contributed by atoms with E-state index in [0.29, 0.717) is 25.2 Å². The van der Waals surface area contributed by atoms with Crippen molar-refractivity contribution in [3.63, 3.8) is 0 Å². The normalized spacial score (nSPS) is 24.0. The first-order chi connectivity index (χ1) is 8.61. The molecule has 18 heavy (non-hydrogen) atoms. The largest absolute Gasteiger partial charge is 0.507 e. The van der Waals surface area contributed by atoms with Gasteiger partial charge < -0.3 is 20.5 Å². The molecule has 2 unspecified atom stereocenters. The molecular formula is C13H18N2O3. The van der Waals surface area contributed by atoms with Gasteiger partial charge in [-0.1, -0.05) is 12.1 Å². The van der Waals surface area contributed by atoms with Crippen molar-refractivity contribution in [2.24, 2.45) is 5.73 Å². The SMILES string of the molecule is CC1CN(C(=O)c2ccccc2O)CC(CN)O1. The molecule has 1 amide bonds. The fourth-order valence-electron chi connectivity index (χ4n) is 2.17. The summed E-state index contributed by atoms with van der Waals surface area (Å²) in [5, 5.41) is 9.70. The van der Waals surface area contributed by atoms with E-state index in [0.717, 1.165) is 0 Å². The van der Waals surface area contributed by atoms with Gasteiger partial charge in [-0.3, -0.25) is 4.79 Å². The first kappa shape index (κ1) is 12.9. The second-order valence-corrected chi connectivity index (χ2v) is 4.53. The van der Waals surface area contributed by atoms with E-state index in [1.165, 1.54) is 6.07 Å². The van der Waals surface area contributed by atoms with Crippen molar-refractivity contribution in [2.75, 3.05) is 19.6 Å². The summed E-state index contributed by atoms with van der Waals surface area (Å²) in [7, 11) is 0. The minimum absolute atomic E-state index is 0.00550. The van der Waals surface area contributed by atoms with Crippen LogP contribution in [0.4, 0.5) is 0 Å². The topological polar surface area (TPSA) is 75.8 Å². The Morgan fingerprint density at radius 2 is 2.22 bits per heavy atom. The van der Waals surface area contributed by atoms with Gasteiger partial charge in [-0.25, -0.2) is 0 Å². The Bertz CT molecular complexity index is 436. The third-order valence-corrected chi connectivity index (χ3v) is 3.01. The molecule has 1 aliphatic heterocycles. The minimum atomic E-state index is -0.179.